The van der Waals surface area contributed by atoms with Gasteiger partial charge in [0.25, 0.3) is 0 Å². The number of piperidine rings is 1. The van der Waals surface area contributed by atoms with Crippen LogP contribution in [0.25, 0.3) is 0 Å². The minimum atomic E-state index is -3.45. The Labute approximate surface area is 131 Å². The van der Waals surface area contributed by atoms with Crippen LogP contribution in [-0.2, 0) is 25.6 Å². The first kappa shape index (κ1) is 17.4. The second-order valence-corrected chi connectivity index (χ2v) is 9.97. The van der Waals surface area contributed by atoms with Crippen LogP contribution in [0.4, 0.5) is 4.39 Å². The van der Waals surface area contributed by atoms with Crippen molar-refractivity contribution in [1.29, 1.82) is 0 Å². The maximum Gasteiger partial charge on any atom is 0.218 e. The molecule has 124 valence electrons. The van der Waals surface area contributed by atoms with E-state index in [-0.39, 0.29) is 17.4 Å². The van der Waals surface area contributed by atoms with Gasteiger partial charge >= 0.3 is 0 Å². The number of hydrogen-bond acceptors (Lipinski definition) is 4. The molecule has 0 amide bonds. The number of hydrogen-bond donors (Lipinski definition) is 0. The van der Waals surface area contributed by atoms with Crippen LogP contribution in [0.2, 0.25) is 0 Å². The molecule has 22 heavy (non-hydrogen) atoms. The maximum atomic E-state index is 12.8. The Balaban J connectivity index is 1.96. The normalized spacial score (nSPS) is 18.5. The second kappa shape index (κ2) is 6.64. The van der Waals surface area contributed by atoms with E-state index in [0.29, 0.717) is 31.5 Å². The molecule has 0 radical (unpaired) electrons. The maximum absolute atomic E-state index is 12.8. The number of benzene rings is 1. The van der Waals surface area contributed by atoms with Gasteiger partial charge in [0.1, 0.15) is 15.7 Å². The summed E-state index contributed by atoms with van der Waals surface area (Å²) in [6.45, 7) is 0.674. The Morgan fingerprint density at radius 2 is 1.64 bits per heavy atom. The Bertz CT molecular complexity index is 706. The minimum Gasteiger partial charge on any atom is -0.229 e. The van der Waals surface area contributed by atoms with Crippen LogP contribution in [0.1, 0.15) is 18.4 Å². The molecule has 1 aliphatic heterocycles. The van der Waals surface area contributed by atoms with E-state index in [2.05, 4.69) is 0 Å². The van der Waals surface area contributed by atoms with E-state index in [1.54, 1.807) is 0 Å². The highest BCUT2D eigenvalue weighted by Gasteiger charge is 2.29. The molecule has 0 aromatic heterocycles. The van der Waals surface area contributed by atoms with E-state index < -0.39 is 25.7 Å². The van der Waals surface area contributed by atoms with E-state index in [1.165, 1.54) is 34.8 Å². The monoisotopic (exact) mass is 349 g/mol. The highest BCUT2D eigenvalue weighted by Crippen LogP contribution is 2.22. The van der Waals surface area contributed by atoms with Gasteiger partial charge in [-0.15, -0.1) is 0 Å². The van der Waals surface area contributed by atoms with Crippen LogP contribution in [0.15, 0.2) is 24.3 Å². The predicted octanol–water partition coefficient (Wildman–Crippen LogP) is 1.41. The molecule has 0 unspecified atom stereocenters. The van der Waals surface area contributed by atoms with Crippen molar-refractivity contribution in [3.05, 3.63) is 35.6 Å². The van der Waals surface area contributed by atoms with Crippen LogP contribution < -0.4 is 0 Å². The fourth-order valence-corrected chi connectivity index (χ4v) is 5.42. The Morgan fingerprint density at radius 3 is 2.14 bits per heavy atom. The molecule has 0 atom stereocenters. The molecule has 1 aliphatic rings. The Kier molecular flexibility index (Phi) is 5.24. The summed E-state index contributed by atoms with van der Waals surface area (Å²) in [4.78, 5) is 0. The van der Waals surface area contributed by atoms with Gasteiger partial charge in [0, 0.05) is 19.3 Å². The second-order valence-electron chi connectivity index (χ2n) is 5.82. The van der Waals surface area contributed by atoms with E-state index in [0.717, 1.165) is 0 Å². The molecule has 0 spiro atoms. The number of sulfone groups is 1. The van der Waals surface area contributed by atoms with Crippen molar-refractivity contribution in [2.45, 2.75) is 18.6 Å². The highest BCUT2D eigenvalue weighted by atomic mass is 32.2. The lowest BCUT2D eigenvalue weighted by molar-refractivity contribution is 0.289. The van der Waals surface area contributed by atoms with Gasteiger partial charge in [0.05, 0.1) is 11.5 Å². The Hall–Kier alpha value is -0.990. The van der Waals surface area contributed by atoms with Gasteiger partial charge < -0.3 is 0 Å². The average Bonchev–Trinajstić information content (AvgIpc) is 2.40. The van der Waals surface area contributed by atoms with Crippen LogP contribution >= 0.6 is 0 Å². The van der Waals surface area contributed by atoms with Crippen molar-refractivity contribution >= 4 is 19.9 Å². The smallest absolute Gasteiger partial charge is 0.218 e. The average molecular weight is 349 g/mol. The SMILES string of the molecule is CS(=O)(=O)CC1CCN(S(=O)(=O)Cc2ccc(F)cc2)CC1. The van der Waals surface area contributed by atoms with Crippen molar-refractivity contribution in [2.24, 2.45) is 5.92 Å². The topological polar surface area (TPSA) is 71.5 Å². The van der Waals surface area contributed by atoms with Crippen molar-refractivity contribution in [2.75, 3.05) is 25.1 Å². The summed E-state index contributed by atoms with van der Waals surface area (Å²) in [7, 11) is -6.49. The fraction of sp³-hybridized carbons (Fsp3) is 0.571. The summed E-state index contributed by atoms with van der Waals surface area (Å²) in [5, 5.41) is 0. The third kappa shape index (κ3) is 5.03. The third-order valence-corrected chi connectivity index (χ3v) is 6.69. The first-order valence-corrected chi connectivity index (χ1v) is 10.7. The van der Waals surface area contributed by atoms with Crippen molar-refractivity contribution < 1.29 is 21.2 Å². The number of rotatable bonds is 5. The zero-order valence-electron chi connectivity index (χ0n) is 12.4. The van der Waals surface area contributed by atoms with Gasteiger partial charge in [0.2, 0.25) is 10.0 Å². The minimum absolute atomic E-state index is 0.0206. The van der Waals surface area contributed by atoms with Crippen LogP contribution in [0.5, 0.6) is 0 Å². The van der Waals surface area contributed by atoms with Gasteiger partial charge in [-0.05, 0) is 36.5 Å². The first-order valence-electron chi connectivity index (χ1n) is 7.06. The largest absolute Gasteiger partial charge is 0.229 e. The van der Waals surface area contributed by atoms with Gasteiger partial charge in [-0.3, -0.25) is 0 Å². The van der Waals surface area contributed by atoms with Crippen molar-refractivity contribution in [3.63, 3.8) is 0 Å². The molecule has 5 nitrogen and oxygen atoms in total. The standard InChI is InChI=1S/C14H20FNO4S2/c1-21(17,18)10-13-6-8-16(9-7-13)22(19,20)11-12-2-4-14(15)5-3-12/h2-5,13H,6-11H2,1H3. The molecule has 0 N–H and O–H groups in total. The van der Waals surface area contributed by atoms with Gasteiger partial charge in [-0.25, -0.2) is 25.5 Å². The summed E-state index contributed by atoms with van der Waals surface area (Å²) in [6.07, 6.45) is 2.30. The molecule has 1 fully saturated rings. The summed E-state index contributed by atoms with van der Waals surface area (Å²) in [6, 6.07) is 5.40. The molecule has 1 aromatic rings. The lowest BCUT2D eigenvalue weighted by Crippen LogP contribution is -2.40. The first-order chi connectivity index (χ1) is 10.2. The van der Waals surface area contributed by atoms with Crippen molar-refractivity contribution in [3.8, 4) is 0 Å². The molecular weight excluding hydrogens is 329 g/mol. The number of halogens is 1. The van der Waals surface area contributed by atoms with Gasteiger partial charge in [-0.2, -0.15) is 0 Å². The Morgan fingerprint density at radius 1 is 1.09 bits per heavy atom. The highest BCUT2D eigenvalue weighted by molar-refractivity contribution is 7.90. The van der Waals surface area contributed by atoms with Gasteiger partial charge in [-0.1, -0.05) is 12.1 Å². The molecule has 2 rings (SSSR count). The molecule has 0 saturated carbocycles. The van der Waals surface area contributed by atoms with E-state index >= 15 is 0 Å². The number of sulfonamides is 1. The zero-order valence-corrected chi connectivity index (χ0v) is 14.0. The number of nitrogens with zero attached hydrogens (tertiary/aromatic N) is 1. The summed E-state index contributed by atoms with van der Waals surface area (Å²) in [5.41, 5.74) is 0.541. The molecule has 8 heteroatoms. The van der Waals surface area contributed by atoms with Crippen LogP contribution in [0, 0.1) is 11.7 Å². The molecule has 1 heterocycles. The fourth-order valence-electron chi connectivity index (χ4n) is 2.66. The summed E-state index contributed by atoms with van der Waals surface area (Å²) >= 11 is 0. The zero-order chi connectivity index (χ0) is 16.4. The quantitative estimate of drug-likeness (QED) is 0.806. The molecule has 0 aliphatic carbocycles. The summed E-state index contributed by atoms with van der Waals surface area (Å²) in [5.74, 6) is -0.432. The lowest BCUT2D eigenvalue weighted by atomic mass is 10.0. The van der Waals surface area contributed by atoms with E-state index in [4.69, 9.17) is 0 Å². The molecular formula is C14H20FNO4S2. The van der Waals surface area contributed by atoms with Crippen LogP contribution in [-0.4, -0.2) is 46.2 Å². The predicted molar refractivity (Wildman–Crippen MR) is 83.0 cm³/mol. The van der Waals surface area contributed by atoms with Gasteiger partial charge in [0.15, 0.2) is 0 Å². The lowest BCUT2D eigenvalue weighted by Gasteiger charge is -2.30. The molecule has 1 aromatic carbocycles. The van der Waals surface area contributed by atoms with E-state index in [1.807, 2.05) is 0 Å². The summed E-state index contributed by atoms with van der Waals surface area (Å²) < 4.78 is 61.5. The van der Waals surface area contributed by atoms with E-state index in [9.17, 15) is 21.2 Å². The molecule has 0 bridgehead atoms. The third-order valence-electron chi connectivity index (χ3n) is 3.77. The van der Waals surface area contributed by atoms with Crippen LogP contribution in [0.3, 0.4) is 0 Å². The molecule has 1 saturated heterocycles. The van der Waals surface area contributed by atoms with Crippen molar-refractivity contribution in [1.82, 2.24) is 4.31 Å².